The fraction of sp³-hybridized carbons (Fsp3) is 0.583. The normalized spacial score (nSPS) is 22.9. The van der Waals surface area contributed by atoms with Crippen LogP contribution in [0.4, 0.5) is 0 Å². The summed E-state index contributed by atoms with van der Waals surface area (Å²) in [6.07, 6.45) is 4.61. The van der Waals surface area contributed by atoms with Gasteiger partial charge in [0.1, 0.15) is 0 Å². The van der Waals surface area contributed by atoms with Crippen molar-refractivity contribution in [3.8, 4) is 0 Å². The Bertz CT molecular complexity index is 283. The molecule has 0 radical (unpaired) electrons. The molecule has 0 bridgehead atoms. The zero-order valence-electron chi connectivity index (χ0n) is 9.15. The van der Waals surface area contributed by atoms with Crippen molar-refractivity contribution in [2.45, 2.75) is 31.9 Å². The van der Waals surface area contributed by atoms with E-state index in [-0.39, 0.29) is 0 Å². The van der Waals surface area contributed by atoms with Gasteiger partial charge in [0.25, 0.3) is 0 Å². The van der Waals surface area contributed by atoms with Crippen LogP contribution in [0.2, 0.25) is 0 Å². The van der Waals surface area contributed by atoms with Gasteiger partial charge in [0.2, 0.25) is 0 Å². The Morgan fingerprint density at radius 1 is 1.60 bits per heavy atom. The van der Waals surface area contributed by atoms with Crippen molar-refractivity contribution in [2.75, 3.05) is 13.2 Å². The molecular weight excluding hydrogens is 188 g/mol. The lowest BCUT2D eigenvalue weighted by Gasteiger charge is -2.16. The SMILES string of the molecule is C[C@H](NCC1CCCO1)c1ccccn1. The quantitative estimate of drug-likeness (QED) is 0.817. The minimum absolute atomic E-state index is 0.301. The van der Waals surface area contributed by atoms with Crippen LogP contribution in [0.5, 0.6) is 0 Å². The van der Waals surface area contributed by atoms with Crippen LogP contribution in [0.1, 0.15) is 31.5 Å². The Kier molecular flexibility index (Phi) is 3.69. The highest BCUT2D eigenvalue weighted by atomic mass is 16.5. The Hall–Kier alpha value is -0.930. The molecule has 3 nitrogen and oxygen atoms in total. The van der Waals surface area contributed by atoms with Crippen LogP contribution in [0.15, 0.2) is 24.4 Å². The fourth-order valence-corrected chi connectivity index (χ4v) is 1.85. The smallest absolute Gasteiger partial charge is 0.0700 e. The topological polar surface area (TPSA) is 34.1 Å². The van der Waals surface area contributed by atoms with Gasteiger partial charge >= 0.3 is 0 Å². The maximum Gasteiger partial charge on any atom is 0.0700 e. The van der Waals surface area contributed by atoms with Gasteiger partial charge in [-0.05, 0) is 31.9 Å². The molecular formula is C12H18N2O. The van der Waals surface area contributed by atoms with Gasteiger partial charge in [-0.25, -0.2) is 0 Å². The Morgan fingerprint density at radius 2 is 2.53 bits per heavy atom. The molecule has 3 heteroatoms. The lowest BCUT2D eigenvalue weighted by molar-refractivity contribution is 0.108. The fourth-order valence-electron chi connectivity index (χ4n) is 1.85. The molecule has 0 aliphatic carbocycles. The van der Waals surface area contributed by atoms with Gasteiger partial charge < -0.3 is 10.1 Å². The second-order valence-electron chi connectivity index (χ2n) is 4.02. The van der Waals surface area contributed by atoms with Gasteiger partial charge in [0.05, 0.1) is 11.8 Å². The lowest BCUT2D eigenvalue weighted by Crippen LogP contribution is -2.29. The van der Waals surface area contributed by atoms with Crippen molar-refractivity contribution in [1.82, 2.24) is 10.3 Å². The average Bonchev–Trinajstić information content (AvgIpc) is 2.80. The molecule has 1 aromatic rings. The molecule has 1 N–H and O–H groups in total. The molecule has 1 aliphatic heterocycles. The summed E-state index contributed by atoms with van der Waals surface area (Å²) in [6, 6.07) is 6.31. The summed E-state index contributed by atoms with van der Waals surface area (Å²) < 4.78 is 5.56. The molecule has 1 aliphatic rings. The zero-order chi connectivity index (χ0) is 10.5. The third kappa shape index (κ3) is 3.01. The molecule has 15 heavy (non-hydrogen) atoms. The van der Waals surface area contributed by atoms with Crippen molar-refractivity contribution >= 4 is 0 Å². The van der Waals surface area contributed by atoms with Crippen molar-refractivity contribution in [3.63, 3.8) is 0 Å². The Labute approximate surface area is 90.9 Å². The third-order valence-corrected chi connectivity index (χ3v) is 2.81. The van der Waals surface area contributed by atoms with Gasteiger partial charge in [-0.15, -0.1) is 0 Å². The number of ether oxygens (including phenoxy) is 1. The van der Waals surface area contributed by atoms with E-state index in [1.165, 1.54) is 12.8 Å². The maximum absolute atomic E-state index is 5.56. The van der Waals surface area contributed by atoms with Crippen molar-refractivity contribution in [3.05, 3.63) is 30.1 Å². The standard InChI is InChI=1S/C12H18N2O/c1-10(12-6-2-3-7-13-12)14-9-11-5-4-8-15-11/h2-3,6-7,10-11,14H,4-5,8-9H2,1H3/t10-,11?/m0/s1. The predicted molar refractivity (Wildman–Crippen MR) is 59.6 cm³/mol. The maximum atomic E-state index is 5.56. The first-order valence-electron chi connectivity index (χ1n) is 5.62. The minimum Gasteiger partial charge on any atom is -0.377 e. The molecule has 1 unspecified atom stereocenters. The second kappa shape index (κ2) is 5.24. The number of hydrogen-bond acceptors (Lipinski definition) is 3. The number of nitrogens with zero attached hydrogens (tertiary/aromatic N) is 1. The summed E-state index contributed by atoms with van der Waals surface area (Å²) >= 11 is 0. The Balaban J connectivity index is 1.79. The molecule has 2 rings (SSSR count). The van der Waals surface area contributed by atoms with Crippen LogP contribution < -0.4 is 5.32 Å². The van der Waals surface area contributed by atoms with E-state index in [4.69, 9.17) is 4.74 Å². The van der Waals surface area contributed by atoms with Gasteiger partial charge in [0.15, 0.2) is 0 Å². The highest BCUT2D eigenvalue weighted by Crippen LogP contribution is 2.13. The summed E-state index contributed by atoms with van der Waals surface area (Å²) in [6.45, 7) is 3.99. The zero-order valence-corrected chi connectivity index (χ0v) is 9.15. The van der Waals surface area contributed by atoms with Crippen LogP contribution in [0.25, 0.3) is 0 Å². The van der Waals surface area contributed by atoms with E-state index in [1.54, 1.807) is 0 Å². The summed E-state index contributed by atoms with van der Waals surface area (Å²) in [5.41, 5.74) is 1.09. The molecule has 1 saturated heterocycles. The van der Waals surface area contributed by atoms with Crippen molar-refractivity contribution in [1.29, 1.82) is 0 Å². The molecule has 82 valence electrons. The van der Waals surface area contributed by atoms with Crippen LogP contribution in [0.3, 0.4) is 0 Å². The molecule has 1 fully saturated rings. The third-order valence-electron chi connectivity index (χ3n) is 2.81. The average molecular weight is 206 g/mol. The molecule has 0 aromatic carbocycles. The number of pyridine rings is 1. The first-order valence-corrected chi connectivity index (χ1v) is 5.62. The van der Waals surface area contributed by atoms with E-state index in [0.717, 1.165) is 18.8 Å². The van der Waals surface area contributed by atoms with Gasteiger partial charge in [0, 0.05) is 25.4 Å². The number of hydrogen-bond donors (Lipinski definition) is 1. The summed E-state index contributed by atoms with van der Waals surface area (Å²) in [5, 5.41) is 3.45. The van der Waals surface area contributed by atoms with Crippen molar-refractivity contribution in [2.24, 2.45) is 0 Å². The summed E-state index contributed by atoms with van der Waals surface area (Å²) in [5.74, 6) is 0. The molecule has 1 aromatic heterocycles. The van der Waals surface area contributed by atoms with Gasteiger partial charge in [-0.2, -0.15) is 0 Å². The minimum atomic E-state index is 0.301. The van der Waals surface area contributed by atoms with Crippen molar-refractivity contribution < 1.29 is 4.74 Å². The van der Waals surface area contributed by atoms with Crippen LogP contribution in [0, 0.1) is 0 Å². The highest BCUT2D eigenvalue weighted by molar-refractivity contribution is 5.07. The monoisotopic (exact) mass is 206 g/mol. The van der Waals surface area contributed by atoms with Crippen LogP contribution in [-0.2, 0) is 4.74 Å². The molecule has 0 saturated carbocycles. The Morgan fingerprint density at radius 3 is 3.20 bits per heavy atom. The molecule has 2 heterocycles. The molecule has 2 atom stereocenters. The number of aromatic nitrogens is 1. The van der Waals surface area contributed by atoms with Gasteiger partial charge in [-0.1, -0.05) is 6.07 Å². The molecule has 0 spiro atoms. The predicted octanol–water partition coefficient (Wildman–Crippen LogP) is 1.91. The van der Waals surface area contributed by atoms with Gasteiger partial charge in [-0.3, -0.25) is 4.98 Å². The highest BCUT2D eigenvalue weighted by Gasteiger charge is 2.16. The van der Waals surface area contributed by atoms with E-state index in [9.17, 15) is 0 Å². The van der Waals surface area contributed by atoms with Crippen LogP contribution in [-0.4, -0.2) is 24.2 Å². The summed E-state index contributed by atoms with van der Waals surface area (Å²) in [7, 11) is 0. The number of nitrogens with one attached hydrogen (secondary N) is 1. The van der Waals surface area contributed by atoms with Crippen LogP contribution >= 0.6 is 0 Å². The summed E-state index contributed by atoms with van der Waals surface area (Å²) in [4.78, 5) is 4.32. The van der Waals surface area contributed by atoms with E-state index >= 15 is 0 Å². The van der Waals surface area contributed by atoms with E-state index < -0.39 is 0 Å². The number of rotatable bonds is 4. The van der Waals surface area contributed by atoms with E-state index in [2.05, 4.69) is 17.2 Å². The van der Waals surface area contributed by atoms with E-state index in [0.29, 0.717) is 12.1 Å². The second-order valence-corrected chi connectivity index (χ2v) is 4.02. The van der Waals surface area contributed by atoms with E-state index in [1.807, 2.05) is 24.4 Å². The molecule has 0 amide bonds. The first kappa shape index (κ1) is 10.6. The largest absolute Gasteiger partial charge is 0.377 e. The first-order chi connectivity index (χ1) is 7.36. The lowest BCUT2D eigenvalue weighted by atomic mass is 10.2.